The molecule has 0 unspecified atom stereocenters. The van der Waals surface area contributed by atoms with Gasteiger partial charge in [0.2, 0.25) is 5.91 Å². The Morgan fingerprint density at radius 2 is 2.04 bits per heavy atom. The molecule has 0 aromatic carbocycles. The largest absolute Gasteiger partial charge is 0.357 e. The lowest BCUT2D eigenvalue weighted by molar-refractivity contribution is -0.120. The van der Waals surface area contributed by atoms with Crippen molar-refractivity contribution in [3.63, 3.8) is 0 Å². The van der Waals surface area contributed by atoms with Gasteiger partial charge in [-0.2, -0.15) is 0 Å². The zero-order valence-electron chi connectivity index (χ0n) is 13.9. The number of hydrogen-bond acceptors (Lipinski definition) is 3. The first-order chi connectivity index (χ1) is 11.2. The van der Waals surface area contributed by atoms with Crippen molar-refractivity contribution in [1.82, 2.24) is 20.9 Å². The van der Waals surface area contributed by atoms with Crippen molar-refractivity contribution in [2.75, 3.05) is 26.2 Å². The van der Waals surface area contributed by atoms with Crippen LogP contribution in [0.3, 0.4) is 0 Å². The van der Waals surface area contributed by atoms with Gasteiger partial charge >= 0.3 is 0 Å². The van der Waals surface area contributed by atoms with E-state index in [1.165, 1.54) is 0 Å². The molecule has 0 aliphatic rings. The number of aromatic nitrogens is 1. The van der Waals surface area contributed by atoms with Gasteiger partial charge in [0.05, 0.1) is 6.54 Å². The lowest BCUT2D eigenvalue weighted by atomic mass is 10.2. The van der Waals surface area contributed by atoms with E-state index in [1.807, 2.05) is 19.9 Å². The third kappa shape index (κ3) is 9.03. The van der Waals surface area contributed by atoms with Crippen LogP contribution in [0.15, 0.2) is 23.3 Å². The van der Waals surface area contributed by atoms with Crippen LogP contribution in [0.4, 0.5) is 0 Å². The van der Waals surface area contributed by atoms with Crippen molar-refractivity contribution >= 4 is 23.5 Å². The van der Waals surface area contributed by atoms with Crippen molar-refractivity contribution in [3.8, 4) is 0 Å². The van der Waals surface area contributed by atoms with Crippen molar-refractivity contribution in [3.05, 3.63) is 29.0 Å². The second kappa shape index (κ2) is 11.7. The highest BCUT2D eigenvalue weighted by Crippen LogP contribution is 2.05. The van der Waals surface area contributed by atoms with E-state index in [4.69, 9.17) is 11.6 Å². The number of rotatable bonds is 9. The van der Waals surface area contributed by atoms with E-state index < -0.39 is 0 Å². The molecular formula is C16H26ClN5O. The topological polar surface area (TPSA) is 78.4 Å². The van der Waals surface area contributed by atoms with Gasteiger partial charge in [0.25, 0.3) is 0 Å². The number of carbonyl (C=O) groups is 1. The fourth-order valence-corrected chi connectivity index (χ4v) is 1.96. The first kappa shape index (κ1) is 19.2. The van der Waals surface area contributed by atoms with Gasteiger partial charge in [-0.1, -0.05) is 24.6 Å². The highest BCUT2D eigenvalue weighted by Gasteiger charge is 2.01. The van der Waals surface area contributed by atoms with E-state index in [9.17, 15) is 4.79 Å². The number of nitrogens with one attached hydrogen (secondary N) is 3. The molecule has 1 heterocycles. The maximum absolute atomic E-state index is 11.5. The van der Waals surface area contributed by atoms with E-state index in [2.05, 4.69) is 25.9 Å². The number of amides is 1. The zero-order chi connectivity index (χ0) is 16.9. The highest BCUT2D eigenvalue weighted by atomic mass is 35.5. The molecule has 0 bridgehead atoms. The van der Waals surface area contributed by atoms with Gasteiger partial charge in [0, 0.05) is 32.3 Å². The monoisotopic (exact) mass is 339 g/mol. The molecule has 1 amide bonds. The van der Waals surface area contributed by atoms with E-state index in [-0.39, 0.29) is 5.91 Å². The molecule has 0 fully saturated rings. The normalized spacial score (nSPS) is 11.2. The number of carbonyl (C=O) groups excluding carboxylic acids is 1. The van der Waals surface area contributed by atoms with Gasteiger partial charge in [-0.25, -0.2) is 4.98 Å². The summed E-state index contributed by atoms with van der Waals surface area (Å²) in [7, 11) is 0. The molecule has 0 saturated carbocycles. The molecule has 0 atom stereocenters. The summed E-state index contributed by atoms with van der Waals surface area (Å²) in [5.74, 6) is 0.761. The maximum atomic E-state index is 11.5. The molecule has 128 valence electrons. The van der Waals surface area contributed by atoms with E-state index >= 15 is 0 Å². The SMILES string of the molecule is CCCNC(=O)CCN=C(NCC)NCCc1ccc(Cl)nc1. The van der Waals surface area contributed by atoms with Crippen LogP contribution < -0.4 is 16.0 Å². The second-order valence-corrected chi connectivity index (χ2v) is 5.41. The van der Waals surface area contributed by atoms with Gasteiger partial charge in [-0.15, -0.1) is 0 Å². The summed E-state index contributed by atoms with van der Waals surface area (Å²) in [5.41, 5.74) is 1.11. The molecule has 0 aliphatic heterocycles. The van der Waals surface area contributed by atoms with Gasteiger partial charge in [-0.05, 0) is 31.4 Å². The first-order valence-electron chi connectivity index (χ1n) is 8.05. The Bertz CT molecular complexity index is 490. The molecule has 1 rings (SSSR count). The molecule has 1 aromatic rings. The standard InChI is InChI=1S/C16H26ClN5O/c1-3-9-19-15(23)8-11-21-16(18-4-2)20-10-7-13-5-6-14(17)22-12-13/h5-6,12H,3-4,7-11H2,1-2H3,(H,19,23)(H2,18,20,21). The van der Waals surface area contributed by atoms with Crippen molar-refractivity contribution in [2.24, 2.45) is 4.99 Å². The third-order valence-electron chi connectivity index (χ3n) is 3.02. The average molecular weight is 340 g/mol. The Balaban J connectivity index is 2.34. The van der Waals surface area contributed by atoms with Crippen molar-refractivity contribution in [1.29, 1.82) is 0 Å². The van der Waals surface area contributed by atoms with Crippen LogP contribution in [0.2, 0.25) is 5.15 Å². The summed E-state index contributed by atoms with van der Waals surface area (Å²) < 4.78 is 0. The zero-order valence-corrected chi connectivity index (χ0v) is 14.6. The van der Waals surface area contributed by atoms with Crippen LogP contribution >= 0.6 is 11.6 Å². The Kier molecular flexibility index (Phi) is 9.79. The molecule has 0 saturated heterocycles. The van der Waals surface area contributed by atoms with Crippen LogP contribution in [0, 0.1) is 0 Å². The second-order valence-electron chi connectivity index (χ2n) is 5.03. The van der Waals surface area contributed by atoms with Crippen LogP contribution in [0.25, 0.3) is 0 Å². The Morgan fingerprint density at radius 3 is 2.70 bits per heavy atom. The smallest absolute Gasteiger partial charge is 0.221 e. The van der Waals surface area contributed by atoms with Crippen molar-refractivity contribution < 1.29 is 4.79 Å². The number of guanidine groups is 1. The number of pyridine rings is 1. The summed E-state index contributed by atoms with van der Waals surface area (Å²) >= 11 is 5.76. The number of halogens is 1. The fourth-order valence-electron chi connectivity index (χ4n) is 1.84. The van der Waals surface area contributed by atoms with Crippen LogP contribution in [0.1, 0.15) is 32.3 Å². The van der Waals surface area contributed by atoms with Crippen molar-refractivity contribution in [2.45, 2.75) is 33.1 Å². The highest BCUT2D eigenvalue weighted by molar-refractivity contribution is 6.29. The minimum absolute atomic E-state index is 0.0405. The van der Waals surface area contributed by atoms with Crippen LogP contribution in [0.5, 0.6) is 0 Å². The van der Waals surface area contributed by atoms with Gasteiger partial charge in [0.1, 0.15) is 5.15 Å². The lowest BCUT2D eigenvalue weighted by Gasteiger charge is -2.11. The third-order valence-corrected chi connectivity index (χ3v) is 3.24. The van der Waals surface area contributed by atoms with Gasteiger partial charge in [-0.3, -0.25) is 9.79 Å². The molecule has 23 heavy (non-hydrogen) atoms. The van der Waals surface area contributed by atoms with E-state index in [0.717, 1.165) is 44.0 Å². The Labute approximate surface area is 143 Å². The minimum atomic E-state index is 0.0405. The van der Waals surface area contributed by atoms with Crippen LogP contribution in [-0.4, -0.2) is 43.0 Å². The van der Waals surface area contributed by atoms with Gasteiger partial charge in [0.15, 0.2) is 5.96 Å². The maximum Gasteiger partial charge on any atom is 0.221 e. The molecule has 0 aliphatic carbocycles. The summed E-state index contributed by atoms with van der Waals surface area (Å²) in [5, 5.41) is 9.75. The number of hydrogen-bond donors (Lipinski definition) is 3. The van der Waals surface area contributed by atoms with E-state index in [1.54, 1.807) is 12.3 Å². The fraction of sp³-hybridized carbons (Fsp3) is 0.562. The van der Waals surface area contributed by atoms with Crippen LogP contribution in [-0.2, 0) is 11.2 Å². The average Bonchev–Trinajstić information content (AvgIpc) is 2.54. The molecule has 0 radical (unpaired) electrons. The quantitative estimate of drug-likeness (QED) is 0.364. The molecule has 3 N–H and O–H groups in total. The molecule has 0 spiro atoms. The predicted octanol–water partition coefficient (Wildman–Crippen LogP) is 1.75. The van der Waals surface area contributed by atoms with E-state index in [0.29, 0.717) is 18.1 Å². The number of aliphatic imine (C=N–C) groups is 1. The molecule has 1 aromatic heterocycles. The molecule has 7 heteroatoms. The number of nitrogens with zero attached hydrogens (tertiary/aromatic N) is 2. The first-order valence-corrected chi connectivity index (χ1v) is 8.42. The summed E-state index contributed by atoms with van der Waals surface area (Å²) in [6.45, 7) is 6.73. The Hall–Kier alpha value is -1.82. The molecular weight excluding hydrogens is 314 g/mol. The van der Waals surface area contributed by atoms with Gasteiger partial charge < -0.3 is 16.0 Å². The Morgan fingerprint density at radius 1 is 1.22 bits per heavy atom. The summed E-state index contributed by atoms with van der Waals surface area (Å²) in [6, 6.07) is 3.74. The molecule has 6 nitrogen and oxygen atoms in total. The minimum Gasteiger partial charge on any atom is -0.357 e. The summed E-state index contributed by atoms with van der Waals surface area (Å²) in [6.07, 6.45) is 3.94. The predicted molar refractivity (Wildman–Crippen MR) is 94.9 cm³/mol. The summed E-state index contributed by atoms with van der Waals surface area (Å²) in [4.78, 5) is 20.0. The lowest BCUT2D eigenvalue weighted by Crippen LogP contribution is -2.38.